The second-order valence-corrected chi connectivity index (χ2v) is 5.90. The minimum atomic E-state index is -0.168. The van der Waals surface area contributed by atoms with E-state index in [1.54, 1.807) is 0 Å². The average Bonchev–Trinajstić information content (AvgIpc) is 3.14. The molecule has 2 aliphatic rings. The van der Waals surface area contributed by atoms with Crippen molar-refractivity contribution in [3.05, 3.63) is 41.5 Å². The molecule has 5 heteroatoms. The Hall–Kier alpha value is -1.88. The predicted molar refractivity (Wildman–Crippen MR) is 75.3 cm³/mol. The van der Waals surface area contributed by atoms with Gasteiger partial charge in [-0.3, -0.25) is 0 Å². The number of hydrogen-bond acceptors (Lipinski definition) is 5. The van der Waals surface area contributed by atoms with Crippen molar-refractivity contribution >= 4 is 0 Å². The van der Waals surface area contributed by atoms with Gasteiger partial charge in [-0.05, 0) is 31.7 Å². The van der Waals surface area contributed by atoms with Crippen molar-refractivity contribution in [2.75, 3.05) is 6.61 Å². The fraction of sp³-hybridized carbons (Fsp3) is 0.500. The Kier molecular flexibility index (Phi) is 3.15. The van der Waals surface area contributed by atoms with Gasteiger partial charge in [0.05, 0.1) is 12.0 Å². The van der Waals surface area contributed by atoms with Gasteiger partial charge in [-0.1, -0.05) is 23.4 Å². The number of fused-ring (bicyclic) bond motifs is 1. The van der Waals surface area contributed by atoms with E-state index in [0.717, 1.165) is 37.0 Å². The third-order valence-electron chi connectivity index (χ3n) is 4.51. The predicted octanol–water partition coefficient (Wildman–Crippen LogP) is 2.61. The molecule has 2 aromatic rings. The third kappa shape index (κ3) is 2.31. The van der Waals surface area contributed by atoms with E-state index in [0.29, 0.717) is 18.3 Å². The summed E-state index contributed by atoms with van der Waals surface area (Å²) in [5.41, 5.74) is 1.13. The van der Waals surface area contributed by atoms with Crippen LogP contribution in [0.1, 0.15) is 54.8 Å². The van der Waals surface area contributed by atoms with Crippen LogP contribution in [0.15, 0.2) is 28.8 Å². The molecular weight excluding hydrogens is 268 g/mol. The number of rotatable bonds is 2. The van der Waals surface area contributed by atoms with E-state index in [1.807, 2.05) is 18.2 Å². The van der Waals surface area contributed by atoms with Crippen LogP contribution in [0.25, 0.3) is 0 Å². The third-order valence-corrected chi connectivity index (χ3v) is 4.51. The van der Waals surface area contributed by atoms with Gasteiger partial charge in [-0.2, -0.15) is 4.98 Å². The molecule has 1 aliphatic heterocycles. The van der Waals surface area contributed by atoms with Crippen LogP contribution in [0.4, 0.5) is 0 Å². The molecule has 1 unspecified atom stereocenters. The molecule has 1 saturated carbocycles. The van der Waals surface area contributed by atoms with Crippen LogP contribution >= 0.6 is 0 Å². The number of nitrogens with zero attached hydrogens (tertiary/aromatic N) is 2. The lowest BCUT2D eigenvalue weighted by molar-refractivity contribution is 0.116. The fourth-order valence-electron chi connectivity index (χ4n) is 3.25. The van der Waals surface area contributed by atoms with Crippen LogP contribution in [0.3, 0.4) is 0 Å². The number of benzene rings is 1. The van der Waals surface area contributed by atoms with Crippen LogP contribution in [0.5, 0.6) is 5.75 Å². The minimum absolute atomic E-state index is 0.0629. The van der Waals surface area contributed by atoms with Gasteiger partial charge in [-0.25, -0.2) is 0 Å². The van der Waals surface area contributed by atoms with Crippen LogP contribution < -0.4 is 4.74 Å². The highest BCUT2D eigenvalue weighted by molar-refractivity contribution is 5.42. The molecule has 2 heterocycles. The summed E-state index contributed by atoms with van der Waals surface area (Å²) in [4.78, 5) is 4.60. The zero-order valence-electron chi connectivity index (χ0n) is 11.7. The van der Waals surface area contributed by atoms with Gasteiger partial charge in [0.25, 0.3) is 0 Å². The first-order chi connectivity index (χ1) is 10.3. The van der Waals surface area contributed by atoms with Crippen molar-refractivity contribution in [1.82, 2.24) is 10.1 Å². The largest absolute Gasteiger partial charge is 0.492 e. The molecule has 1 aromatic heterocycles. The molecule has 0 spiro atoms. The van der Waals surface area contributed by atoms with Crippen LogP contribution in [-0.2, 0) is 0 Å². The molecule has 0 amide bonds. The molecule has 0 saturated heterocycles. The summed E-state index contributed by atoms with van der Waals surface area (Å²) in [6.45, 7) is 0.571. The minimum Gasteiger partial charge on any atom is -0.492 e. The second-order valence-electron chi connectivity index (χ2n) is 5.90. The van der Waals surface area contributed by atoms with Crippen molar-refractivity contribution in [2.24, 2.45) is 0 Å². The first kappa shape index (κ1) is 12.8. The fourth-order valence-corrected chi connectivity index (χ4v) is 3.25. The van der Waals surface area contributed by atoms with Crippen LogP contribution in [-0.4, -0.2) is 28.0 Å². The smallest absolute Gasteiger partial charge is 0.229 e. The van der Waals surface area contributed by atoms with Crippen molar-refractivity contribution < 1.29 is 14.4 Å². The van der Waals surface area contributed by atoms with Gasteiger partial charge in [0, 0.05) is 11.5 Å². The highest BCUT2D eigenvalue weighted by Gasteiger charge is 2.31. The molecule has 1 N–H and O–H groups in total. The summed E-state index contributed by atoms with van der Waals surface area (Å²) in [5.74, 6) is 2.68. The molecule has 1 fully saturated rings. The summed E-state index contributed by atoms with van der Waals surface area (Å²) in [6.07, 6.45) is 3.30. The van der Waals surface area contributed by atoms with E-state index in [9.17, 15) is 5.11 Å². The Morgan fingerprint density at radius 3 is 2.76 bits per heavy atom. The van der Waals surface area contributed by atoms with E-state index >= 15 is 0 Å². The number of ether oxygens (including phenoxy) is 1. The standard InChI is InChI=1S/C16H18N2O3/c19-11-7-5-10(6-8-11)16-17-15(18-21-16)13-9-20-14-4-2-1-3-12(13)14/h1-4,10-11,13,19H,5-9H2. The first-order valence-corrected chi connectivity index (χ1v) is 7.54. The summed E-state index contributed by atoms with van der Waals surface area (Å²) in [6, 6.07) is 8.00. The lowest BCUT2D eigenvalue weighted by atomic mass is 9.87. The Morgan fingerprint density at radius 2 is 1.90 bits per heavy atom. The monoisotopic (exact) mass is 286 g/mol. The Balaban J connectivity index is 1.55. The topological polar surface area (TPSA) is 68.4 Å². The lowest BCUT2D eigenvalue weighted by Crippen LogP contribution is -2.17. The quantitative estimate of drug-likeness (QED) is 0.919. The zero-order valence-corrected chi connectivity index (χ0v) is 11.7. The second kappa shape index (κ2) is 5.15. The van der Waals surface area contributed by atoms with E-state index < -0.39 is 0 Å². The molecule has 0 bridgehead atoms. The SMILES string of the molecule is OC1CCC(c2nc(C3COc4ccccc43)no2)CC1. The van der Waals surface area contributed by atoms with Crippen LogP contribution in [0.2, 0.25) is 0 Å². The van der Waals surface area contributed by atoms with Crippen molar-refractivity contribution in [3.63, 3.8) is 0 Å². The summed E-state index contributed by atoms with van der Waals surface area (Å²) < 4.78 is 11.1. The molecular formula is C16H18N2O3. The van der Waals surface area contributed by atoms with Crippen molar-refractivity contribution in [3.8, 4) is 5.75 Å². The average molecular weight is 286 g/mol. The molecule has 1 atom stereocenters. The number of hydrogen-bond donors (Lipinski definition) is 1. The zero-order chi connectivity index (χ0) is 14.2. The van der Waals surface area contributed by atoms with Crippen LogP contribution in [0, 0.1) is 0 Å². The number of aromatic nitrogens is 2. The van der Waals surface area contributed by atoms with Gasteiger partial charge in [-0.15, -0.1) is 0 Å². The molecule has 5 nitrogen and oxygen atoms in total. The van der Waals surface area contributed by atoms with Gasteiger partial charge >= 0.3 is 0 Å². The van der Waals surface area contributed by atoms with Gasteiger partial charge in [0.2, 0.25) is 5.89 Å². The Morgan fingerprint density at radius 1 is 1.10 bits per heavy atom. The van der Waals surface area contributed by atoms with E-state index in [-0.39, 0.29) is 17.9 Å². The van der Waals surface area contributed by atoms with Gasteiger partial charge < -0.3 is 14.4 Å². The molecule has 1 aromatic carbocycles. The maximum atomic E-state index is 9.58. The number of aliphatic hydroxyl groups excluding tert-OH is 1. The normalized spacial score (nSPS) is 28.1. The van der Waals surface area contributed by atoms with Gasteiger partial charge in [0.15, 0.2) is 5.82 Å². The maximum absolute atomic E-state index is 9.58. The van der Waals surface area contributed by atoms with Gasteiger partial charge in [0.1, 0.15) is 12.4 Å². The molecule has 1 aliphatic carbocycles. The first-order valence-electron chi connectivity index (χ1n) is 7.54. The highest BCUT2D eigenvalue weighted by Crippen LogP contribution is 2.38. The number of para-hydroxylation sites is 1. The molecule has 0 radical (unpaired) electrons. The molecule has 110 valence electrons. The van der Waals surface area contributed by atoms with E-state index in [4.69, 9.17) is 9.26 Å². The Bertz CT molecular complexity index is 632. The van der Waals surface area contributed by atoms with Crippen molar-refractivity contribution in [1.29, 1.82) is 0 Å². The lowest BCUT2D eigenvalue weighted by Gasteiger charge is -2.22. The molecule has 21 heavy (non-hydrogen) atoms. The van der Waals surface area contributed by atoms with E-state index in [1.165, 1.54) is 0 Å². The summed E-state index contributed by atoms with van der Waals surface area (Å²) in [7, 11) is 0. The maximum Gasteiger partial charge on any atom is 0.229 e. The van der Waals surface area contributed by atoms with Crippen molar-refractivity contribution in [2.45, 2.75) is 43.6 Å². The molecule has 4 rings (SSSR count). The van der Waals surface area contributed by atoms with E-state index in [2.05, 4.69) is 16.2 Å². The summed E-state index contributed by atoms with van der Waals surface area (Å²) in [5, 5.41) is 13.7. The highest BCUT2D eigenvalue weighted by atomic mass is 16.5. The Labute approximate surface area is 122 Å². The summed E-state index contributed by atoms with van der Waals surface area (Å²) >= 11 is 0. The number of aliphatic hydroxyl groups is 1.